The van der Waals surface area contributed by atoms with E-state index >= 15 is 0 Å². The summed E-state index contributed by atoms with van der Waals surface area (Å²) >= 11 is 5.92. The molecule has 0 saturated carbocycles. The number of hydrogen-bond donors (Lipinski definition) is 1. The number of rotatable bonds is 4. The Hall–Kier alpha value is -3.06. The van der Waals surface area contributed by atoms with Gasteiger partial charge in [-0.2, -0.15) is 18.3 Å². The molecular weight excluding hydrogens is 381 g/mol. The lowest BCUT2D eigenvalue weighted by molar-refractivity contribution is -0.137. The van der Waals surface area contributed by atoms with Crippen molar-refractivity contribution < 1.29 is 22.4 Å². The van der Waals surface area contributed by atoms with Crippen molar-refractivity contribution in [1.82, 2.24) is 5.43 Å². The summed E-state index contributed by atoms with van der Waals surface area (Å²) in [7, 11) is 0. The van der Waals surface area contributed by atoms with E-state index in [0.29, 0.717) is 0 Å². The Bertz CT molecular complexity index is 996. The van der Waals surface area contributed by atoms with E-state index in [9.17, 15) is 18.0 Å². The summed E-state index contributed by atoms with van der Waals surface area (Å²) in [6.07, 6.45) is -3.19. The molecule has 1 aromatic heterocycles. The zero-order chi connectivity index (χ0) is 19.4. The van der Waals surface area contributed by atoms with Gasteiger partial charge in [-0.25, -0.2) is 5.43 Å². The van der Waals surface area contributed by atoms with Crippen molar-refractivity contribution in [3.63, 3.8) is 0 Å². The SMILES string of the molecule is O=C(N/N=C\c1ccc(-c2cccc(C(F)(F)F)c2)o1)c1ccccc1Cl. The fourth-order valence-electron chi connectivity index (χ4n) is 2.29. The number of nitrogens with zero attached hydrogens (tertiary/aromatic N) is 1. The summed E-state index contributed by atoms with van der Waals surface area (Å²) in [5.74, 6) is 0.0170. The third-order valence-corrected chi connectivity index (χ3v) is 3.91. The van der Waals surface area contributed by atoms with Crippen molar-refractivity contribution in [1.29, 1.82) is 0 Å². The van der Waals surface area contributed by atoms with E-state index in [0.717, 1.165) is 12.1 Å². The maximum atomic E-state index is 12.8. The highest BCUT2D eigenvalue weighted by molar-refractivity contribution is 6.33. The smallest absolute Gasteiger partial charge is 0.416 e. The second kappa shape index (κ2) is 7.67. The highest BCUT2D eigenvalue weighted by Crippen LogP contribution is 2.32. The molecule has 0 saturated heterocycles. The van der Waals surface area contributed by atoms with Gasteiger partial charge < -0.3 is 4.42 Å². The van der Waals surface area contributed by atoms with Gasteiger partial charge in [0.1, 0.15) is 11.5 Å². The molecule has 4 nitrogen and oxygen atoms in total. The predicted molar refractivity (Wildman–Crippen MR) is 95.7 cm³/mol. The second-order valence-electron chi connectivity index (χ2n) is 5.46. The first-order valence-electron chi connectivity index (χ1n) is 7.70. The number of halogens is 4. The van der Waals surface area contributed by atoms with Crippen LogP contribution >= 0.6 is 11.6 Å². The van der Waals surface area contributed by atoms with Crippen LogP contribution in [0.15, 0.2) is 70.2 Å². The number of furan rings is 1. The number of carbonyl (C=O) groups excluding carboxylic acids is 1. The van der Waals surface area contributed by atoms with Gasteiger partial charge >= 0.3 is 6.18 Å². The van der Waals surface area contributed by atoms with Gasteiger partial charge in [-0.15, -0.1) is 0 Å². The minimum absolute atomic E-state index is 0.250. The molecule has 0 aliphatic carbocycles. The first kappa shape index (κ1) is 18.7. The van der Waals surface area contributed by atoms with Crippen molar-refractivity contribution in [2.45, 2.75) is 6.18 Å². The molecule has 0 fully saturated rings. The van der Waals surface area contributed by atoms with Crippen LogP contribution in [0.4, 0.5) is 13.2 Å². The summed E-state index contributed by atoms with van der Waals surface area (Å²) in [5, 5.41) is 4.05. The van der Waals surface area contributed by atoms with Gasteiger partial charge in [0, 0.05) is 5.56 Å². The van der Waals surface area contributed by atoms with Crippen molar-refractivity contribution in [3.05, 3.63) is 82.6 Å². The van der Waals surface area contributed by atoms with E-state index in [1.165, 1.54) is 30.5 Å². The molecule has 0 aliphatic heterocycles. The van der Waals surface area contributed by atoms with Crippen molar-refractivity contribution >= 4 is 23.7 Å². The number of hydrazone groups is 1. The molecule has 138 valence electrons. The van der Waals surface area contributed by atoms with E-state index in [-0.39, 0.29) is 27.7 Å². The molecule has 0 aliphatic rings. The monoisotopic (exact) mass is 392 g/mol. The average Bonchev–Trinajstić information content (AvgIpc) is 3.10. The molecule has 1 heterocycles. The zero-order valence-electron chi connectivity index (χ0n) is 13.6. The second-order valence-corrected chi connectivity index (χ2v) is 5.87. The van der Waals surface area contributed by atoms with Crippen LogP contribution in [0.3, 0.4) is 0 Å². The fourth-order valence-corrected chi connectivity index (χ4v) is 2.51. The third-order valence-electron chi connectivity index (χ3n) is 3.58. The van der Waals surface area contributed by atoms with Crippen LogP contribution in [0.1, 0.15) is 21.7 Å². The van der Waals surface area contributed by atoms with Gasteiger partial charge in [0.2, 0.25) is 0 Å². The minimum atomic E-state index is -4.43. The van der Waals surface area contributed by atoms with Crippen LogP contribution in [-0.4, -0.2) is 12.1 Å². The van der Waals surface area contributed by atoms with E-state index in [2.05, 4.69) is 10.5 Å². The molecule has 3 rings (SSSR count). The molecular formula is C19H12ClF3N2O2. The zero-order valence-corrected chi connectivity index (χ0v) is 14.4. The van der Waals surface area contributed by atoms with Gasteiger partial charge in [0.05, 0.1) is 22.4 Å². The van der Waals surface area contributed by atoms with Crippen LogP contribution in [0, 0.1) is 0 Å². The third kappa shape index (κ3) is 4.57. The van der Waals surface area contributed by atoms with Gasteiger partial charge in [0.15, 0.2) is 0 Å². The van der Waals surface area contributed by atoms with E-state index in [1.54, 1.807) is 24.3 Å². The molecule has 3 aromatic rings. The lowest BCUT2D eigenvalue weighted by Gasteiger charge is -2.07. The van der Waals surface area contributed by atoms with Crippen LogP contribution in [0.5, 0.6) is 0 Å². The summed E-state index contributed by atoms with van der Waals surface area (Å²) in [6, 6.07) is 14.3. The highest BCUT2D eigenvalue weighted by Gasteiger charge is 2.30. The molecule has 0 unspecified atom stereocenters. The first-order chi connectivity index (χ1) is 12.8. The van der Waals surface area contributed by atoms with E-state index in [4.69, 9.17) is 16.0 Å². The molecule has 0 spiro atoms. The topological polar surface area (TPSA) is 54.6 Å². The fraction of sp³-hybridized carbons (Fsp3) is 0.0526. The quantitative estimate of drug-likeness (QED) is 0.478. The molecule has 27 heavy (non-hydrogen) atoms. The highest BCUT2D eigenvalue weighted by atomic mass is 35.5. The van der Waals surface area contributed by atoms with Crippen molar-refractivity contribution in [2.75, 3.05) is 0 Å². The van der Waals surface area contributed by atoms with Gasteiger partial charge in [-0.1, -0.05) is 35.9 Å². The van der Waals surface area contributed by atoms with Crippen LogP contribution in [-0.2, 0) is 6.18 Å². The normalized spacial score (nSPS) is 11.7. The Balaban J connectivity index is 1.70. The maximum absolute atomic E-state index is 12.8. The number of hydrogen-bond acceptors (Lipinski definition) is 3. The number of benzene rings is 2. The van der Waals surface area contributed by atoms with Gasteiger partial charge in [-0.3, -0.25) is 4.79 Å². The summed E-state index contributed by atoms with van der Waals surface area (Å²) in [5.41, 5.74) is 2.08. The molecule has 1 amide bonds. The summed E-state index contributed by atoms with van der Waals surface area (Å²) in [6.45, 7) is 0. The number of alkyl halides is 3. The number of amides is 1. The lowest BCUT2D eigenvalue weighted by atomic mass is 10.1. The summed E-state index contributed by atoms with van der Waals surface area (Å²) < 4.78 is 43.8. The Morgan fingerprint density at radius 1 is 1.07 bits per heavy atom. The van der Waals surface area contributed by atoms with Crippen molar-refractivity contribution in [2.24, 2.45) is 5.10 Å². The standard InChI is InChI=1S/C19H12ClF3N2O2/c20-16-7-2-1-6-15(16)18(26)25-24-11-14-8-9-17(27-14)12-4-3-5-13(10-12)19(21,22)23/h1-11H,(H,25,26)/b24-11-. The average molecular weight is 393 g/mol. The van der Waals surface area contributed by atoms with Crippen LogP contribution < -0.4 is 5.43 Å². The van der Waals surface area contributed by atoms with Crippen LogP contribution in [0.2, 0.25) is 5.02 Å². The number of nitrogens with one attached hydrogen (secondary N) is 1. The molecule has 1 N–H and O–H groups in total. The Kier molecular flexibility index (Phi) is 5.32. The molecule has 0 atom stereocenters. The molecule has 8 heteroatoms. The Labute approximate surface area is 157 Å². The van der Waals surface area contributed by atoms with Crippen LogP contribution in [0.25, 0.3) is 11.3 Å². The lowest BCUT2D eigenvalue weighted by Crippen LogP contribution is -2.17. The maximum Gasteiger partial charge on any atom is 0.416 e. The van der Waals surface area contributed by atoms with E-state index < -0.39 is 17.6 Å². The van der Waals surface area contributed by atoms with E-state index in [1.807, 2.05) is 0 Å². The van der Waals surface area contributed by atoms with Crippen molar-refractivity contribution in [3.8, 4) is 11.3 Å². The number of carbonyl (C=O) groups is 1. The Morgan fingerprint density at radius 3 is 2.59 bits per heavy atom. The predicted octanol–water partition coefficient (Wildman–Crippen LogP) is 5.38. The van der Waals surface area contributed by atoms with Gasteiger partial charge in [-0.05, 0) is 36.4 Å². The minimum Gasteiger partial charge on any atom is -0.455 e. The molecule has 2 aromatic carbocycles. The largest absolute Gasteiger partial charge is 0.455 e. The first-order valence-corrected chi connectivity index (χ1v) is 8.08. The Morgan fingerprint density at radius 2 is 1.85 bits per heavy atom. The van der Waals surface area contributed by atoms with Gasteiger partial charge in [0.25, 0.3) is 5.91 Å². The molecule has 0 bridgehead atoms. The molecule has 0 radical (unpaired) electrons. The summed E-state index contributed by atoms with van der Waals surface area (Å²) in [4.78, 5) is 12.0.